The van der Waals surface area contributed by atoms with Gasteiger partial charge in [0.25, 0.3) is 0 Å². The van der Waals surface area contributed by atoms with Crippen molar-refractivity contribution in [3.63, 3.8) is 0 Å². The zero-order valence-electron chi connectivity index (χ0n) is 14.9. The standard InChI is InChI=1S/C22H25NO2/c1-3-5-7-9-18-11-16-21(23-17-18)19-12-14-20(15-13-19)25-22(24)10-8-6-4-2/h4,6,8,10-17H,3,5,7,9H2,1-2H3. The zero-order chi connectivity index (χ0) is 17.9. The quantitative estimate of drug-likeness (QED) is 0.210. The Labute approximate surface area is 150 Å². The summed E-state index contributed by atoms with van der Waals surface area (Å²) in [5.41, 5.74) is 3.20. The van der Waals surface area contributed by atoms with Gasteiger partial charge < -0.3 is 4.74 Å². The molecular weight excluding hydrogens is 310 g/mol. The Morgan fingerprint density at radius 1 is 1.08 bits per heavy atom. The van der Waals surface area contributed by atoms with Gasteiger partial charge in [-0.05, 0) is 55.7 Å². The first-order valence-electron chi connectivity index (χ1n) is 8.79. The predicted molar refractivity (Wildman–Crippen MR) is 102 cm³/mol. The highest BCUT2D eigenvalue weighted by molar-refractivity contribution is 5.84. The number of nitrogens with zero attached hydrogens (tertiary/aromatic N) is 1. The number of aryl methyl sites for hydroxylation is 1. The van der Waals surface area contributed by atoms with E-state index in [1.807, 2.05) is 37.4 Å². The number of carbonyl (C=O) groups excluding carboxylic acids is 1. The van der Waals surface area contributed by atoms with E-state index in [4.69, 9.17) is 4.74 Å². The molecule has 0 atom stereocenters. The molecule has 0 unspecified atom stereocenters. The maximum Gasteiger partial charge on any atom is 0.336 e. The number of benzene rings is 1. The molecule has 0 saturated heterocycles. The monoisotopic (exact) mass is 335 g/mol. The average molecular weight is 335 g/mol. The summed E-state index contributed by atoms with van der Waals surface area (Å²) in [6, 6.07) is 11.6. The number of carbonyl (C=O) groups is 1. The van der Waals surface area contributed by atoms with Crippen LogP contribution in [-0.2, 0) is 11.2 Å². The van der Waals surface area contributed by atoms with E-state index in [2.05, 4.69) is 18.0 Å². The molecule has 0 saturated carbocycles. The van der Waals surface area contributed by atoms with Crippen LogP contribution in [0.2, 0.25) is 0 Å². The summed E-state index contributed by atoms with van der Waals surface area (Å²) in [5, 5.41) is 0. The highest BCUT2D eigenvalue weighted by atomic mass is 16.5. The van der Waals surface area contributed by atoms with Gasteiger partial charge in [0.2, 0.25) is 0 Å². The van der Waals surface area contributed by atoms with E-state index < -0.39 is 0 Å². The van der Waals surface area contributed by atoms with Crippen LogP contribution in [0.4, 0.5) is 0 Å². The van der Waals surface area contributed by atoms with Crippen LogP contribution in [0.5, 0.6) is 5.75 Å². The van der Waals surface area contributed by atoms with Crippen LogP contribution in [0.1, 0.15) is 38.7 Å². The third kappa shape index (κ3) is 6.38. The number of pyridine rings is 1. The third-order valence-electron chi connectivity index (χ3n) is 3.80. The molecule has 0 aliphatic heterocycles. The Hall–Kier alpha value is -2.68. The van der Waals surface area contributed by atoms with Crippen LogP contribution in [0, 0.1) is 0 Å². The Morgan fingerprint density at radius 3 is 2.52 bits per heavy atom. The molecule has 3 heteroatoms. The molecule has 2 aromatic rings. The lowest BCUT2D eigenvalue weighted by Crippen LogP contribution is -2.03. The van der Waals surface area contributed by atoms with Gasteiger partial charge in [0.05, 0.1) is 5.69 Å². The topological polar surface area (TPSA) is 39.2 Å². The molecule has 3 nitrogen and oxygen atoms in total. The van der Waals surface area contributed by atoms with Crippen LogP contribution >= 0.6 is 0 Å². The fourth-order valence-electron chi connectivity index (χ4n) is 2.41. The van der Waals surface area contributed by atoms with Gasteiger partial charge in [-0.15, -0.1) is 0 Å². The first-order chi connectivity index (χ1) is 12.2. The van der Waals surface area contributed by atoms with Crippen LogP contribution in [0.15, 0.2) is 66.9 Å². The average Bonchev–Trinajstić information content (AvgIpc) is 2.63. The maximum absolute atomic E-state index is 11.6. The van der Waals surface area contributed by atoms with E-state index in [1.165, 1.54) is 30.9 Å². The molecule has 1 heterocycles. The van der Waals surface area contributed by atoms with Crippen molar-refractivity contribution in [2.24, 2.45) is 0 Å². The molecular formula is C22H25NO2. The Balaban J connectivity index is 1.96. The van der Waals surface area contributed by atoms with E-state index >= 15 is 0 Å². The van der Waals surface area contributed by atoms with Crippen molar-refractivity contribution in [1.82, 2.24) is 4.98 Å². The van der Waals surface area contributed by atoms with Crippen LogP contribution in [0.3, 0.4) is 0 Å². The number of aromatic nitrogens is 1. The van der Waals surface area contributed by atoms with E-state index in [1.54, 1.807) is 24.3 Å². The molecule has 0 N–H and O–H groups in total. The molecule has 0 bridgehead atoms. The second-order valence-electron chi connectivity index (χ2n) is 5.84. The van der Waals surface area contributed by atoms with Gasteiger partial charge in [0.15, 0.2) is 0 Å². The molecule has 130 valence electrons. The third-order valence-corrected chi connectivity index (χ3v) is 3.80. The molecule has 0 amide bonds. The van der Waals surface area contributed by atoms with Crippen molar-refractivity contribution in [1.29, 1.82) is 0 Å². The number of esters is 1. The highest BCUT2D eigenvalue weighted by Crippen LogP contribution is 2.21. The minimum atomic E-state index is -0.389. The minimum Gasteiger partial charge on any atom is -0.423 e. The van der Waals surface area contributed by atoms with Gasteiger partial charge in [-0.25, -0.2) is 4.79 Å². The van der Waals surface area contributed by atoms with E-state index in [0.29, 0.717) is 5.75 Å². The van der Waals surface area contributed by atoms with Crippen LogP contribution < -0.4 is 4.74 Å². The van der Waals surface area contributed by atoms with Crippen molar-refractivity contribution in [2.45, 2.75) is 39.5 Å². The fourth-order valence-corrected chi connectivity index (χ4v) is 2.41. The van der Waals surface area contributed by atoms with E-state index in [9.17, 15) is 4.79 Å². The number of ether oxygens (including phenoxy) is 1. The summed E-state index contributed by atoms with van der Waals surface area (Å²) >= 11 is 0. The Kier molecular flexibility index (Phi) is 7.64. The van der Waals surface area contributed by atoms with Crippen LogP contribution in [-0.4, -0.2) is 11.0 Å². The molecule has 1 aromatic carbocycles. The van der Waals surface area contributed by atoms with E-state index in [-0.39, 0.29) is 5.97 Å². The van der Waals surface area contributed by atoms with Gasteiger partial charge in [-0.1, -0.05) is 44.1 Å². The van der Waals surface area contributed by atoms with Crippen LogP contribution in [0.25, 0.3) is 11.3 Å². The van der Waals surface area contributed by atoms with Gasteiger partial charge >= 0.3 is 5.97 Å². The molecule has 0 aliphatic carbocycles. The molecule has 2 rings (SSSR count). The largest absolute Gasteiger partial charge is 0.423 e. The summed E-state index contributed by atoms with van der Waals surface area (Å²) in [4.78, 5) is 16.2. The number of allylic oxidation sites excluding steroid dienone is 3. The Morgan fingerprint density at radius 2 is 1.88 bits per heavy atom. The molecule has 0 aliphatic rings. The summed E-state index contributed by atoms with van der Waals surface area (Å²) in [5.74, 6) is 0.135. The van der Waals surface area contributed by atoms with Crippen molar-refractivity contribution in [3.05, 3.63) is 72.5 Å². The Bertz CT molecular complexity index is 713. The molecule has 25 heavy (non-hydrogen) atoms. The van der Waals surface area contributed by atoms with Crippen molar-refractivity contribution < 1.29 is 9.53 Å². The van der Waals surface area contributed by atoms with Crippen molar-refractivity contribution >= 4 is 5.97 Å². The first kappa shape index (κ1) is 18.7. The predicted octanol–water partition coefficient (Wildman–Crippen LogP) is 5.52. The normalized spacial score (nSPS) is 11.3. The smallest absolute Gasteiger partial charge is 0.336 e. The first-order valence-corrected chi connectivity index (χ1v) is 8.79. The van der Waals surface area contributed by atoms with Crippen molar-refractivity contribution in [2.75, 3.05) is 0 Å². The number of rotatable bonds is 8. The summed E-state index contributed by atoms with van der Waals surface area (Å²) in [6.45, 7) is 4.10. The summed E-state index contributed by atoms with van der Waals surface area (Å²) in [7, 11) is 0. The van der Waals surface area contributed by atoms with Crippen molar-refractivity contribution in [3.8, 4) is 17.0 Å². The lowest BCUT2D eigenvalue weighted by atomic mass is 10.1. The number of hydrogen-bond acceptors (Lipinski definition) is 3. The lowest BCUT2D eigenvalue weighted by Gasteiger charge is -2.05. The second-order valence-corrected chi connectivity index (χ2v) is 5.84. The molecule has 0 spiro atoms. The van der Waals surface area contributed by atoms with Gasteiger partial charge in [0, 0.05) is 17.8 Å². The van der Waals surface area contributed by atoms with Gasteiger partial charge in [-0.3, -0.25) is 4.98 Å². The van der Waals surface area contributed by atoms with Gasteiger partial charge in [-0.2, -0.15) is 0 Å². The van der Waals surface area contributed by atoms with Gasteiger partial charge in [0.1, 0.15) is 5.75 Å². The SMILES string of the molecule is CC=CC=CC(=O)Oc1ccc(-c2ccc(CCCCC)cn2)cc1. The molecule has 0 radical (unpaired) electrons. The fraction of sp³-hybridized carbons (Fsp3) is 0.273. The molecule has 1 aromatic heterocycles. The maximum atomic E-state index is 11.6. The summed E-state index contributed by atoms with van der Waals surface area (Å²) in [6.07, 6.45) is 13.4. The lowest BCUT2D eigenvalue weighted by molar-refractivity contribution is -0.128. The number of hydrogen-bond donors (Lipinski definition) is 0. The highest BCUT2D eigenvalue weighted by Gasteiger charge is 2.03. The number of unbranched alkanes of at least 4 members (excludes halogenated alkanes) is 2. The summed E-state index contributed by atoms with van der Waals surface area (Å²) < 4.78 is 5.25. The minimum absolute atomic E-state index is 0.389. The second kappa shape index (κ2) is 10.2. The van der Waals surface area contributed by atoms with E-state index in [0.717, 1.165) is 17.7 Å². The zero-order valence-corrected chi connectivity index (χ0v) is 14.9. The molecule has 0 fully saturated rings.